The molecular formula is C14H16F3N2O4S-. The van der Waals surface area contributed by atoms with Crippen molar-refractivity contribution in [2.24, 2.45) is 0 Å². The van der Waals surface area contributed by atoms with Crippen LogP contribution >= 0.6 is 0 Å². The van der Waals surface area contributed by atoms with E-state index in [1.54, 1.807) is 0 Å². The number of benzene rings is 1. The number of halogens is 3. The number of rotatable bonds is 2. The third-order valence-corrected chi connectivity index (χ3v) is 5.97. The fourth-order valence-corrected chi connectivity index (χ4v) is 4.39. The summed E-state index contributed by atoms with van der Waals surface area (Å²) in [5, 5.41) is 10.9. The van der Waals surface area contributed by atoms with Crippen LogP contribution < -0.4 is 5.11 Å². The molecular weight excluding hydrogens is 349 g/mol. The average Bonchev–Trinajstić information content (AvgIpc) is 2.45. The van der Waals surface area contributed by atoms with E-state index in [4.69, 9.17) is 0 Å². The fraction of sp³-hybridized carbons (Fsp3) is 0.500. The van der Waals surface area contributed by atoms with E-state index in [-0.39, 0.29) is 30.1 Å². The Balaban J connectivity index is 2.30. The number of nitrogens with zero attached hydrogens (tertiary/aromatic N) is 2. The zero-order valence-corrected chi connectivity index (χ0v) is 13.8. The molecule has 1 aliphatic heterocycles. The summed E-state index contributed by atoms with van der Waals surface area (Å²) in [6.07, 6.45) is -5.94. The predicted octanol–water partition coefficient (Wildman–Crippen LogP) is 1.05. The summed E-state index contributed by atoms with van der Waals surface area (Å²) < 4.78 is 64.5. The molecule has 0 unspecified atom stereocenters. The van der Waals surface area contributed by atoms with Gasteiger partial charge in [-0.1, -0.05) is 0 Å². The van der Waals surface area contributed by atoms with Crippen molar-refractivity contribution in [2.45, 2.75) is 31.0 Å². The lowest BCUT2D eigenvalue weighted by atomic mass is 10.1. The number of carboxylic acid groups (broad SMARTS) is 1. The van der Waals surface area contributed by atoms with Crippen molar-refractivity contribution in [3.05, 3.63) is 29.3 Å². The lowest BCUT2D eigenvalue weighted by Gasteiger charge is -2.40. The van der Waals surface area contributed by atoms with Gasteiger partial charge < -0.3 is 14.8 Å². The largest absolute Gasteiger partial charge is 0.530 e. The van der Waals surface area contributed by atoms with E-state index in [1.165, 1.54) is 13.8 Å². The summed E-state index contributed by atoms with van der Waals surface area (Å²) in [6, 6.07) is 1.84. The van der Waals surface area contributed by atoms with E-state index in [0.29, 0.717) is 0 Å². The summed E-state index contributed by atoms with van der Waals surface area (Å²) in [5.74, 6) is 0. The van der Waals surface area contributed by atoms with Crippen LogP contribution in [-0.2, 0) is 16.2 Å². The molecule has 1 saturated heterocycles. The Hall–Kier alpha value is -1.81. The van der Waals surface area contributed by atoms with Crippen LogP contribution in [0.15, 0.2) is 23.1 Å². The van der Waals surface area contributed by atoms with E-state index in [0.717, 1.165) is 27.4 Å². The van der Waals surface area contributed by atoms with E-state index in [1.807, 2.05) is 0 Å². The molecule has 1 atom stereocenters. The van der Waals surface area contributed by atoms with Crippen LogP contribution in [-0.4, -0.2) is 49.4 Å². The van der Waals surface area contributed by atoms with Gasteiger partial charge in [0.25, 0.3) is 0 Å². The van der Waals surface area contributed by atoms with Gasteiger partial charge in [0, 0.05) is 25.7 Å². The molecule has 0 saturated carbocycles. The third-order valence-electron chi connectivity index (χ3n) is 3.94. The highest BCUT2D eigenvalue weighted by atomic mass is 32.2. The van der Waals surface area contributed by atoms with Crippen LogP contribution in [0.5, 0.6) is 0 Å². The first-order valence-corrected chi connectivity index (χ1v) is 8.54. The summed E-state index contributed by atoms with van der Waals surface area (Å²) in [7, 11) is -4.01. The Kier molecular flexibility index (Phi) is 4.82. The second kappa shape index (κ2) is 6.25. The van der Waals surface area contributed by atoms with Gasteiger partial charge in [-0.2, -0.15) is 17.5 Å². The van der Waals surface area contributed by atoms with Gasteiger partial charge in [-0.05, 0) is 37.6 Å². The van der Waals surface area contributed by atoms with E-state index in [9.17, 15) is 31.5 Å². The molecule has 10 heteroatoms. The highest BCUT2D eigenvalue weighted by molar-refractivity contribution is 7.89. The topological polar surface area (TPSA) is 80.8 Å². The van der Waals surface area contributed by atoms with Crippen LogP contribution in [0.2, 0.25) is 0 Å². The number of alkyl halides is 3. The van der Waals surface area contributed by atoms with Crippen molar-refractivity contribution >= 4 is 16.1 Å². The predicted molar refractivity (Wildman–Crippen MR) is 76.5 cm³/mol. The van der Waals surface area contributed by atoms with Crippen molar-refractivity contribution in [3.63, 3.8) is 0 Å². The van der Waals surface area contributed by atoms with Gasteiger partial charge in [0.05, 0.1) is 10.5 Å². The van der Waals surface area contributed by atoms with Gasteiger partial charge in [-0.3, -0.25) is 0 Å². The number of carbonyl (C=O) groups excluding carboxylic acids is 1. The van der Waals surface area contributed by atoms with Crippen molar-refractivity contribution in [2.75, 3.05) is 19.6 Å². The van der Waals surface area contributed by atoms with Crippen LogP contribution in [0.25, 0.3) is 0 Å². The molecule has 0 radical (unpaired) electrons. The smallest absolute Gasteiger partial charge is 0.416 e. The van der Waals surface area contributed by atoms with Crippen LogP contribution in [0.3, 0.4) is 0 Å². The number of sulfonamides is 1. The fourth-order valence-electron chi connectivity index (χ4n) is 2.67. The molecule has 24 heavy (non-hydrogen) atoms. The highest BCUT2D eigenvalue weighted by Gasteiger charge is 2.35. The quantitative estimate of drug-likeness (QED) is 0.785. The Morgan fingerprint density at radius 1 is 1.29 bits per heavy atom. The molecule has 1 aromatic rings. The summed E-state index contributed by atoms with van der Waals surface area (Å²) >= 11 is 0. The van der Waals surface area contributed by atoms with Crippen molar-refractivity contribution in [1.29, 1.82) is 0 Å². The zero-order chi connectivity index (χ0) is 18.3. The molecule has 2 rings (SSSR count). The highest BCUT2D eigenvalue weighted by Crippen LogP contribution is 2.32. The van der Waals surface area contributed by atoms with Gasteiger partial charge in [0.2, 0.25) is 10.0 Å². The first kappa shape index (κ1) is 18.5. The molecule has 1 fully saturated rings. The standard InChI is InChI=1S/C14H17F3N2O4S/c1-9-7-11(14(15,16)17)3-4-12(9)24(22,23)18-5-6-19(13(20)21)10(2)8-18/h3-4,7,10H,5-6,8H2,1-2H3,(H,20,21)/p-1/t10-/m0/s1. The minimum Gasteiger partial charge on any atom is -0.530 e. The van der Waals surface area contributed by atoms with Gasteiger partial charge in [0.15, 0.2) is 0 Å². The van der Waals surface area contributed by atoms with Gasteiger partial charge in [-0.25, -0.2) is 8.42 Å². The molecule has 1 aromatic carbocycles. The number of aryl methyl sites for hydroxylation is 1. The Morgan fingerprint density at radius 3 is 2.38 bits per heavy atom. The first-order valence-electron chi connectivity index (χ1n) is 7.10. The zero-order valence-electron chi connectivity index (χ0n) is 13.0. The average molecular weight is 365 g/mol. The SMILES string of the molecule is Cc1cc(C(F)(F)F)ccc1S(=O)(=O)N1CCN(C(=O)[O-])[C@@H](C)C1. The van der Waals surface area contributed by atoms with Gasteiger partial charge in [0.1, 0.15) is 6.09 Å². The maximum absolute atomic E-state index is 12.7. The number of piperazine rings is 1. The van der Waals surface area contributed by atoms with Crippen molar-refractivity contribution in [1.82, 2.24) is 9.21 Å². The van der Waals surface area contributed by atoms with E-state index >= 15 is 0 Å². The maximum Gasteiger partial charge on any atom is 0.416 e. The molecule has 1 heterocycles. The second-order valence-corrected chi connectivity index (χ2v) is 7.56. The number of hydrogen-bond donors (Lipinski definition) is 0. The molecule has 0 bridgehead atoms. The molecule has 134 valence electrons. The lowest BCUT2D eigenvalue weighted by Crippen LogP contribution is -2.58. The molecule has 1 aliphatic rings. The van der Waals surface area contributed by atoms with Gasteiger partial charge in [-0.15, -0.1) is 0 Å². The van der Waals surface area contributed by atoms with E-state index in [2.05, 4.69) is 0 Å². The normalized spacial score (nSPS) is 20.2. The molecule has 0 N–H and O–H groups in total. The molecule has 0 spiro atoms. The van der Waals surface area contributed by atoms with Crippen LogP contribution in [0.4, 0.5) is 18.0 Å². The third kappa shape index (κ3) is 3.48. The molecule has 6 nitrogen and oxygen atoms in total. The number of hydrogen-bond acceptors (Lipinski definition) is 4. The van der Waals surface area contributed by atoms with Crippen LogP contribution in [0, 0.1) is 6.92 Å². The van der Waals surface area contributed by atoms with Gasteiger partial charge >= 0.3 is 6.18 Å². The van der Waals surface area contributed by atoms with Crippen molar-refractivity contribution in [3.8, 4) is 0 Å². The molecule has 0 aromatic heterocycles. The Morgan fingerprint density at radius 2 is 1.92 bits per heavy atom. The summed E-state index contributed by atoms with van der Waals surface area (Å²) in [4.78, 5) is 11.7. The first-order chi connectivity index (χ1) is 10.9. The summed E-state index contributed by atoms with van der Waals surface area (Å²) in [5.41, 5.74) is -0.936. The number of amides is 1. The van der Waals surface area contributed by atoms with E-state index < -0.39 is 33.9 Å². The summed E-state index contributed by atoms with van der Waals surface area (Å²) in [6.45, 7) is 2.61. The maximum atomic E-state index is 12.7. The second-order valence-electron chi connectivity index (χ2n) is 5.65. The Bertz CT molecular complexity index is 749. The monoisotopic (exact) mass is 365 g/mol. The molecule has 1 amide bonds. The minimum atomic E-state index is -4.55. The minimum absolute atomic E-state index is 0.0141. The molecule has 0 aliphatic carbocycles. The Labute approximate surface area is 137 Å². The lowest BCUT2D eigenvalue weighted by molar-refractivity contribution is -0.269. The van der Waals surface area contributed by atoms with Crippen molar-refractivity contribution < 1.29 is 31.5 Å². The van der Waals surface area contributed by atoms with Crippen LogP contribution in [0.1, 0.15) is 18.1 Å². The number of carbonyl (C=O) groups is 1.